The normalized spacial score (nSPS) is 28.4. The number of hydrogen-bond donors (Lipinski definition) is 0. The van der Waals surface area contributed by atoms with Crippen LogP contribution in [0.5, 0.6) is 0 Å². The summed E-state index contributed by atoms with van der Waals surface area (Å²) in [4.78, 5) is 10.6. The molecule has 4 nitrogen and oxygen atoms in total. The number of rotatable bonds is 5. The third-order valence-corrected chi connectivity index (χ3v) is 6.44. The Kier molecular flexibility index (Phi) is 6.75. The molecule has 0 aromatic heterocycles. The Hall–Kier alpha value is -0.160. The van der Waals surface area contributed by atoms with Crippen molar-refractivity contribution in [1.82, 2.24) is 19.6 Å². The summed E-state index contributed by atoms with van der Waals surface area (Å²) in [6, 6.07) is 0.865. The lowest BCUT2D eigenvalue weighted by Crippen LogP contribution is -2.53. The molecule has 0 amide bonds. The van der Waals surface area contributed by atoms with Gasteiger partial charge in [0.05, 0.1) is 0 Å². The quantitative estimate of drug-likeness (QED) is 0.765. The first-order valence-electron chi connectivity index (χ1n) is 10.1. The number of nitrogens with zero attached hydrogens (tertiary/aromatic N) is 4. The van der Waals surface area contributed by atoms with E-state index in [1.54, 1.807) is 0 Å². The smallest absolute Gasteiger partial charge is 0.0121 e. The van der Waals surface area contributed by atoms with Crippen molar-refractivity contribution in [1.29, 1.82) is 0 Å². The van der Waals surface area contributed by atoms with Crippen LogP contribution in [0.25, 0.3) is 0 Å². The SMILES string of the molecule is CC1CCN(CCCN2CCN(C3CCN(C)CC3)CC2)CC1. The van der Waals surface area contributed by atoms with E-state index >= 15 is 0 Å². The van der Waals surface area contributed by atoms with Crippen LogP contribution in [0.15, 0.2) is 0 Å². The van der Waals surface area contributed by atoms with E-state index in [1.165, 1.54) is 97.6 Å². The second kappa shape index (κ2) is 8.80. The van der Waals surface area contributed by atoms with Crippen LogP contribution in [0.3, 0.4) is 0 Å². The van der Waals surface area contributed by atoms with Crippen molar-refractivity contribution in [2.75, 3.05) is 72.5 Å². The molecule has 23 heavy (non-hydrogen) atoms. The molecule has 134 valence electrons. The van der Waals surface area contributed by atoms with Crippen molar-refractivity contribution >= 4 is 0 Å². The van der Waals surface area contributed by atoms with Gasteiger partial charge in [0, 0.05) is 32.2 Å². The van der Waals surface area contributed by atoms with Gasteiger partial charge in [-0.1, -0.05) is 6.92 Å². The van der Waals surface area contributed by atoms with E-state index in [2.05, 4.69) is 33.6 Å². The van der Waals surface area contributed by atoms with Crippen molar-refractivity contribution < 1.29 is 0 Å². The Balaban J connectivity index is 1.27. The molecule has 0 aromatic carbocycles. The minimum absolute atomic E-state index is 0.865. The summed E-state index contributed by atoms with van der Waals surface area (Å²) in [6.07, 6.45) is 6.95. The molecule has 0 N–H and O–H groups in total. The summed E-state index contributed by atoms with van der Waals surface area (Å²) in [6.45, 7) is 15.5. The maximum absolute atomic E-state index is 2.77. The van der Waals surface area contributed by atoms with Crippen LogP contribution in [0, 0.1) is 5.92 Å². The highest BCUT2D eigenvalue weighted by Gasteiger charge is 2.26. The molecule has 0 aromatic rings. The van der Waals surface area contributed by atoms with E-state index in [0.717, 1.165) is 12.0 Å². The molecule has 3 saturated heterocycles. The minimum atomic E-state index is 0.865. The summed E-state index contributed by atoms with van der Waals surface area (Å²) in [5.41, 5.74) is 0. The van der Waals surface area contributed by atoms with Gasteiger partial charge in [-0.2, -0.15) is 0 Å². The fraction of sp³-hybridized carbons (Fsp3) is 1.00. The molecule has 3 heterocycles. The van der Waals surface area contributed by atoms with E-state index in [4.69, 9.17) is 0 Å². The molecule has 4 heteroatoms. The Morgan fingerprint density at radius 1 is 0.696 bits per heavy atom. The average molecular weight is 323 g/mol. The zero-order valence-electron chi connectivity index (χ0n) is 15.6. The summed E-state index contributed by atoms with van der Waals surface area (Å²) >= 11 is 0. The molecule has 0 spiro atoms. The number of hydrogen-bond acceptors (Lipinski definition) is 4. The lowest BCUT2D eigenvalue weighted by molar-refractivity contribution is 0.0623. The lowest BCUT2D eigenvalue weighted by atomic mass is 9.99. The second-order valence-corrected chi connectivity index (χ2v) is 8.29. The highest BCUT2D eigenvalue weighted by molar-refractivity contribution is 4.82. The maximum atomic E-state index is 2.77. The van der Waals surface area contributed by atoms with Gasteiger partial charge in [-0.25, -0.2) is 0 Å². The van der Waals surface area contributed by atoms with Gasteiger partial charge in [0.2, 0.25) is 0 Å². The van der Waals surface area contributed by atoms with E-state index in [1.807, 2.05) is 0 Å². The van der Waals surface area contributed by atoms with E-state index in [0.29, 0.717) is 0 Å². The lowest BCUT2D eigenvalue weighted by Gasteiger charge is -2.42. The molecule has 3 rings (SSSR count). The van der Waals surface area contributed by atoms with Crippen LogP contribution in [0.1, 0.15) is 39.0 Å². The third kappa shape index (κ3) is 5.42. The molecule has 0 aliphatic carbocycles. The molecule has 0 radical (unpaired) electrons. The van der Waals surface area contributed by atoms with Crippen molar-refractivity contribution in [3.8, 4) is 0 Å². The summed E-state index contributed by atoms with van der Waals surface area (Å²) in [5, 5.41) is 0. The highest BCUT2D eigenvalue weighted by Crippen LogP contribution is 2.18. The summed E-state index contributed by atoms with van der Waals surface area (Å²) in [7, 11) is 2.26. The third-order valence-electron chi connectivity index (χ3n) is 6.44. The number of piperidine rings is 2. The minimum Gasteiger partial charge on any atom is -0.306 e. The zero-order chi connectivity index (χ0) is 16.1. The van der Waals surface area contributed by atoms with E-state index in [-0.39, 0.29) is 0 Å². The van der Waals surface area contributed by atoms with Gasteiger partial charge in [0.25, 0.3) is 0 Å². The van der Waals surface area contributed by atoms with Crippen molar-refractivity contribution in [3.05, 3.63) is 0 Å². The Bertz CT molecular complexity index is 322. The van der Waals surface area contributed by atoms with Crippen molar-refractivity contribution in [2.45, 2.75) is 45.1 Å². The first kappa shape index (κ1) is 17.7. The first-order chi connectivity index (χ1) is 11.2. The second-order valence-electron chi connectivity index (χ2n) is 8.29. The molecule has 3 aliphatic rings. The van der Waals surface area contributed by atoms with Gasteiger partial charge in [0.15, 0.2) is 0 Å². The predicted octanol–water partition coefficient (Wildman–Crippen LogP) is 1.82. The monoisotopic (exact) mass is 322 g/mol. The molecule has 3 aliphatic heterocycles. The van der Waals surface area contributed by atoms with E-state index < -0.39 is 0 Å². The van der Waals surface area contributed by atoms with Gasteiger partial charge in [-0.05, 0) is 84.3 Å². The first-order valence-corrected chi connectivity index (χ1v) is 10.1. The molecule has 0 bridgehead atoms. The molecular weight excluding hydrogens is 284 g/mol. The van der Waals surface area contributed by atoms with E-state index in [9.17, 15) is 0 Å². The van der Waals surface area contributed by atoms with Crippen LogP contribution >= 0.6 is 0 Å². The van der Waals surface area contributed by atoms with Gasteiger partial charge in [-0.15, -0.1) is 0 Å². The fourth-order valence-electron chi connectivity index (χ4n) is 4.52. The van der Waals surface area contributed by atoms with Crippen molar-refractivity contribution in [2.24, 2.45) is 5.92 Å². The molecule has 0 unspecified atom stereocenters. The van der Waals surface area contributed by atoms with Crippen LogP contribution < -0.4 is 0 Å². The number of likely N-dealkylation sites (tertiary alicyclic amines) is 2. The van der Waals surface area contributed by atoms with Crippen LogP contribution in [-0.2, 0) is 0 Å². The van der Waals surface area contributed by atoms with Gasteiger partial charge in [-0.3, -0.25) is 4.90 Å². The summed E-state index contributed by atoms with van der Waals surface area (Å²) < 4.78 is 0. The van der Waals surface area contributed by atoms with Crippen LogP contribution in [-0.4, -0.2) is 98.1 Å². The Morgan fingerprint density at radius 2 is 1.26 bits per heavy atom. The molecule has 3 fully saturated rings. The maximum Gasteiger partial charge on any atom is 0.0121 e. The van der Waals surface area contributed by atoms with Gasteiger partial charge >= 0.3 is 0 Å². The zero-order valence-corrected chi connectivity index (χ0v) is 15.6. The molecular formula is C19H38N4. The Labute approximate surface area is 143 Å². The Morgan fingerprint density at radius 3 is 1.87 bits per heavy atom. The average Bonchev–Trinajstić information content (AvgIpc) is 2.58. The highest BCUT2D eigenvalue weighted by atomic mass is 15.3. The topological polar surface area (TPSA) is 13.0 Å². The van der Waals surface area contributed by atoms with Crippen LogP contribution in [0.4, 0.5) is 0 Å². The number of piperazine rings is 1. The van der Waals surface area contributed by atoms with Gasteiger partial charge in [0.1, 0.15) is 0 Å². The van der Waals surface area contributed by atoms with Crippen LogP contribution in [0.2, 0.25) is 0 Å². The van der Waals surface area contributed by atoms with Gasteiger partial charge < -0.3 is 14.7 Å². The molecule has 0 atom stereocenters. The molecule has 0 saturated carbocycles. The summed E-state index contributed by atoms with van der Waals surface area (Å²) in [5.74, 6) is 0.957. The van der Waals surface area contributed by atoms with Crippen molar-refractivity contribution in [3.63, 3.8) is 0 Å². The fourth-order valence-corrected chi connectivity index (χ4v) is 4.52. The standard InChI is InChI=1S/C19H38N4/c1-18-4-12-21(13-5-18)8-3-9-22-14-16-23(17-15-22)19-6-10-20(2)11-7-19/h18-19H,3-17H2,1-2H3. The largest absolute Gasteiger partial charge is 0.306 e. The predicted molar refractivity (Wildman–Crippen MR) is 98.0 cm³/mol.